The first-order chi connectivity index (χ1) is 18.5. The molecule has 8 heteroatoms. The largest absolute Gasteiger partial charge is 0.480 e. The summed E-state index contributed by atoms with van der Waals surface area (Å²) in [6.45, 7) is 3.07. The van der Waals surface area contributed by atoms with E-state index in [0.717, 1.165) is 68.6 Å². The fourth-order valence-corrected chi connectivity index (χ4v) is 6.38. The number of nitrogens with one attached hydrogen (secondary N) is 1. The van der Waals surface area contributed by atoms with Crippen LogP contribution >= 0.6 is 0 Å². The van der Waals surface area contributed by atoms with E-state index in [1.54, 1.807) is 6.07 Å². The Hall–Kier alpha value is -2.58. The number of alkyl halides is 1. The number of rotatable bonds is 10. The third-order valence-corrected chi connectivity index (χ3v) is 8.49. The average Bonchev–Trinajstić information content (AvgIpc) is 3.41. The zero-order valence-electron chi connectivity index (χ0n) is 22.0. The van der Waals surface area contributed by atoms with Crippen LogP contribution < -0.4 is 5.32 Å². The van der Waals surface area contributed by atoms with Gasteiger partial charge in [0.05, 0.1) is 0 Å². The molecule has 3 aliphatic rings. The van der Waals surface area contributed by atoms with Crippen molar-refractivity contribution in [3.8, 4) is 0 Å². The summed E-state index contributed by atoms with van der Waals surface area (Å²) in [7, 11) is 0. The van der Waals surface area contributed by atoms with Crippen molar-refractivity contribution >= 4 is 11.8 Å². The summed E-state index contributed by atoms with van der Waals surface area (Å²) in [6, 6.07) is 7.78. The van der Waals surface area contributed by atoms with Crippen molar-refractivity contribution < 1.29 is 23.4 Å². The van der Waals surface area contributed by atoms with Gasteiger partial charge in [0.2, 0.25) is 0 Å². The number of likely N-dealkylation sites (tertiary alicyclic amines) is 1. The molecule has 2 N–H and O–H groups in total. The lowest BCUT2D eigenvalue weighted by molar-refractivity contribution is -0.143. The summed E-state index contributed by atoms with van der Waals surface area (Å²) >= 11 is 0. The van der Waals surface area contributed by atoms with Crippen molar-refractivity contribution in [3.63, 3.8) is 0 Å². The molecule has 206 valence electrons. The second kappa shape index (κ2) is 12.5. The molecule has 2 saturated heterocycles. The maximum absolute atomic E-state index is 15.3. The number of ether oxygens (including phenoxy) is 1. The molecule has 0 saturated carbocycles. The summed E-state index contributed by atoms with van der Waals surface area (Å²) in [6.07, 6.45) is 6.35. The molecule has 2 aromatic rings. The lowest BCUT2D eigenvalue weighted by atomic mass is 9.85. The number of pyridine rings is 1. The van der Waals surface area contributed by atoms with E-state index in [2.05, 4.69) is 17.4 Å². The summed E-state index contributed by atoms with van der Waals surface area (Å²) in [5.41, 5.74) is 3.70. The molecule has 0 amide bonds. The van der Waals surface area contributed by atoms with Gasteiger partial charge >= 0.3 is 5.97 Å². The Morgan fingerprint density at radius 2 is 2.03 bits per heavy atom. The Labute approximate surface area is 223 Å². The predicted octanol–water partition coefficient (Wildman–Crippen LogP) is 5.67. The lowest BCUT2D eigenvalue weighted by Crippen LogP contribution is -2.34. The minimum absolute atomic E-state index is 0.147. The van der Waals surface area contributed by atoms with Gasteiger partial charge in [-0.1, -0.05) is 18.6 Å². The molecule has 3 aliphatic heterocycles. The number of aliphatic carboxylic acids is 1. The summed E-state index contributed by atoms with van der Waals surface area (Å²) in [4.78, 5) is 19.0. The average molecular weight is 528 g/mol. The first-order valence-corrected chi connectivity index (χ1v) is 14.2. The number of unbranched alkanes of at least 4 members (excludes halogenated alkanes) is 1. The zero-order chi connectivity index (χ0) is 26.5. The Balaban J connectivity index is 1.16. The van der Waals surface area contributed by atoms with E-state index in [9.17, 15) is 14.3 Å². The topological polar surface area (TPSA) is 74.7 Å². The Morgan fingerprint density at radius 1 is 1.18 bits per heavy atom. The van der Waals surface area contributed by atoms with Crippen molar-refractivity contribution in [2.45, 2.75) is 75.9 Å². The first-order valence-electron chi connectivity index (χ1n) is 14.2. The van der Waals surface area contributed by atoms with Gasteiger partial charge < -0.3 is 15.2 Å². The second-order valence-electron chi connectivity index (χ2n) is 11.0. The number of fused-ring (bicyclic) bond motifs is 1. The van der Waals surface area contributed by atoms with Crippen LogP contribution in [0.5, 0.6) is 0 Å². The summed E-state index contributed by atoms with van der Waals surface area (Å²) in [5.74, 6) is -0.510. The van der Waals surface area contributed by atoms with Gasteiger partial charge in [-0.25, -0.2) is 13.8 Å². The molecule has 3 atom stereocenters. The quantitative estimate of drug-likeness (QED) is 0.388. The van der Waals surface area contributed by atoms with Crippen LogP contribution in [0.4, 0.5) is 14.6 Å². The van der Waals surface area contributed by atoms with E-state index in [4.69, 9.17) is 9.72 Å². The monoisotopic (exact) mass is 527 g/mol. The highest BCUT2D eigenvalue weighted by Crippen LogP contribution is 2.38. The number of hydrogen-bond acceptors (Lipinski definition) is 5. The molecule has 0 bridgehead atoms. The molecule has 1 aromatic heterocycles. The summed E-state index contributed by atoms with van der Waals surface area (Å²) in [5, 5.41) is 13.6. The number of halogens is 2. The Kier molecular flexibility index (Phi) is 8.89. The molecule has 0 aliphatic carbocycles. The number of carbonyl (C=O) groups is 1. The predicted molar refractivity (Wildman–Crippen MR) is 143 cm³/mol. The molecular formula is C30H39F2N3O3. The van der Waals surface area contributed by atoms with Gasteiger partial charge in [0.25, 0.3) is 0 Å². The van der Waals surface area contributed by atoms with Gasteiger partial charge in [0.1, 0.15) is 23.8 Å². The fraction of sp³-hybridized carbons (Fsp3) is 0.600. The smallest absolute Gasteiger partial charge is 0.325 e. The number of aryl methyl sites for hydroxylation is 2. The molecular weight excluding hydrogens is 488 g/mol. The minimum Gasteiger partial charge on any atom is -0.480 e. The standard InChI is InChI=1S/C30H39F2N3O3/c31-23-8-10-25(20-12-16-38-17-13-20)26(18-23)28(30(36)37)35-15-11-22(19-35)27(32)6-2-1-5-24-9-7-21-4-3-14-33-29(21)34-24/h7-10,18,20,22,27-28H,1-6,11-17,19H2,(H,33,34)(H,36,37)/t22-,27-,28-/m1/s1. The molecule has 0 spiro atoms. The van der Waals surface area contributed by atoms with Crippen LogP contribution in [-0.2, 0) is 22.4 Å². The maximum Gasteiger partial charge on any atom is 0.325 e. The number of carboxylic acid groups (broad SMARTS) is 1. The van der Waals surface area contributed by atoms with E-state index in [0.29, 0.717) is 44.7 Å². The third kappa shape index (κ3) is 6.34. The molecule has 0 radical (unpaired) electrons. The van der Waals surface area contributed by atoms with Gasteiger partial charge in [0, 0.05) is 37.9 Å². The van der Waals surface area contributed by atoms with E-state index in [1.807, 2.05) is 4.90 Å². The molecule has 1 aromatic carbocycles. The van der Waals surface area contributed by atoms with Crippen LogP contribution in [0.1, 0.15) is 79.3 Å². The van der Waals surface area contributed by atoms with Crippen molar-refractivity contribution in [2.75, 3.05) is 38.2 Å². The molecule has 6 nitrogen and oxygen atoms in total. The highest BCUT2D eigenvalue weighted by molar-refractivity contribution is 5.76. The molecule has 5 rings (SSSR count). The zero-order valence-corrected chi connectivity index (χ0v) is 22.0. The van der Waals surface area contributed by atoms with Crippen LogP contribution in [0, 0.1) is 11.7 Å². The lowest BCUT2D eigenvalue weighted by Gasteiger charge is -2.30. The van der Waals surface area contributed by atoms with E-state index >= 15 is 4.39 Å². The van der Waals surface area contributed by atoms with Crippen molar-refractivity contribution in [2.24, 2.45) is 5.92 Å². The third-order valence-electron chi connectivity index (χ3n) is 8.49. The maximum atomic E-state index is 15.3. The van der Waals surface area contributed by atoms with Gasteiger partial charge in [-0.3, -0.25) is 9.69 Å². The molecule has 4 heterocycles. The van der Waals surface area contributed by atoms with Crippen molar-refractivity contribution in [1.82, 2.24) is 9.88 Å². The van der Waals surface area contributed by atoms with Crippen LogP contribution in [-0.4, -0.2) is 60.0 Å². The van der Waals surface area contributed by atoms with Gasteiger partial charge in [-0.15, -0.1) is 0 Å². The number of carboxylic acids is 1. The van der Waals surface area contributed by atoms with Gasteiger partial charge in [-0.05, 0) is 98.7 Å². The van der Waals surface area contributed by atoms with Gasteiger partial charge in [-0.2, -0.15) is 0 Å². The number of nitrogens with zero attached hydrogens (tertiary/aromatic N) is 2. The summed E-state index contributed by atoms with van der Waals surface area (Å²) < 4.78 is 35.0. The molecule has 38 heavy (non-hydrogen) atoms. The normalized spacial score (nSPS) is 22.0. The van der Waals surface area contributed by atoms with Crippen LogP contribution in [0.15, 0.2) is 30.3 Å². The Morgan fingerprint density at radius 3 is 2.84 bits per heavy atom. The second-order valence-corrected chi connectivity index (χ2v) is 11.0. The highest BCUT2D eigenvalue weighted by atomic mass is 19.1. The minimum atomic E-state index is -1.01. The highest BCUT2D eigenvalue weighted by Gasteiger charge is 2.38. The van der Waals surface area contributed by atoms with E-state index in [1.165, 1.54) is 17.7 Å². The molecule has 2 fully saturated rings. The SMILES string of the molecule is O=C(O)[C@@H](c1cc(F)ccc1C1CCOCC1)N1CC[C@@H]([C@H](F)CCCCc2ccc3c(n2)NCCC3)C1. The van der Waals surface area contributed by atoms with Crippen molar-refractivity contribution in [1.29, 1.82) is 0 Å². The molecule has 0 unspecified atom stereocenters. The number of benzene rings is 1. The van der Waals surface area contributed by atoms with Crippen LogP contribution in [0.25, 0.3) is 0 Å². The van der Waals surface area contributed by atoms with Gasteiger partial charge in [0.15, 0.2) is 0 Å². The van der Waals surface area contributed by atoms with Crippen molar-refractivity contribution in [3.05, 3.63) is 58.5 Å². The number of anilines is 1. The number of aromatic nitrogens is 1. The fourth-order valence-electron chi connectivity index (χ4n) is 6.38. The number of hydrogen-bond donors (Lipinski definition) is 2. The van der Waals surface area contributed by atoms with E-state index < -0.39 is 24.0 Å². The van der Waals surface area contributed by atoms with Crippen LogP contribution in [0.2, 0.25) is 0 Å². The van der Waals surface area contributed by atoms with Crippen LogP contribution in [0.3, 0.4) is 0 Å². The Bertz CT molecular complexity index is 1110. The van der Waals surface area contributed by atoms with E-state index in [-0.39, 0.29) is 11.8 Å². The first kappa shape index (κ1) is 27.0.